The van der Waals surface area contributed by atoms with Gasteiger partial charge in [-0.2, -0.15) is 0 Å². The van der Waals surface area contributed by atoms with Crippen LogP contribution in [-0.2, 0) is 16.2 Å². The average molecular weight is 382 g/mol. The van der Waals surface area contributed by atoms with Crippen molar-refractivity contribution in [3.63, 3.8) is 0 Å². The van der Waals surface area contributed by atoms with Crippen LogP contribution in [0.3, 0.4) is 0 Å². The van der Waals surface area contributed by atoms with Crippen LogP contribution in [-0.4, -0.2) is 33.5 Å². The van der Waals surface area contributed by atoms with Crippen LogP contribution < -0.4 is 10.1 Å². The van der Waals surface area contributed by atoms with Gasteiger partial charge in [0.1, 0.15) is 18.1 Å². The molecule has 2 aromatic carbocycles. The SMILES string of the molecule is O=C(O)CCN1C(=O)C(=Cc2ccc(OCc3ccccc3)cc2)NC1=S. The van der Waals surface area contributed by atoms with Gasteiger partial charge in [0.25, 0.3) is 5.91 Å². The Morgan fingerprint density at radius 1 is 1.15 bits per heavy atom. The number of carbonyl (C=O) groups is 2. The molecule has 0 spiro atoms. The predicted molar refractivity (Wildman–Crippen MR) is 105 cm³/mol. The number of aliphatic carboxylic acids is 1. The van der Waals surface area contributed by atoms with Gasteiger partial charge in [-0.25, -0.2) is 0 Å². The lowest BCUT2D eigenvalue weighted by atomic mass is 10.2. The molecule has 138 valence electrons. The van der Waals surface area contributed by atoms with Crippen molar-refractivity contribution in [2.24, 2.45) is 0 Å². The maximum absolute atomic E-state index is 12.3. The Bertz CT molecular complexity index is 879. The molecule has 0 atom stereocenters. The summed E-state index contributed by atoms with van der Waals surface area (Å²) in [5, 5.41) is 11.8. The van der Waals surface area contributed by atoms with Crippen LogP contribution >= 0.6 is 12.2 Å². The van der Waals surface area contributed by atoms with Gasteiger partial charge < -0.3 is 15.2 Å². The number of ether oxygens (including phenoxy) is 1. The minimum Gasteiger partial charge on any atom is -0.489 e. The van der Waals surface area contributed by atoms with Crippen molar-refractivity contribution in [3.8, 4) is 5.75 Å². The molecule has 0 aromatic heterocycles. The van der Waals surface area contributed by atoms with Gasteiger partial charge >= 0.3 is 5.97 Å². The number of hydrogen-bond acceptors (Lipinski definition) is 4. The fourth-order valence-electron chi connectivity index (χ4n) is 2.55. The molecule has 2 N–H and O–H groups in total. The smallest absolute Gasteiger partial charge is 0.305 e. The van der Waals surface area contributed by atoms with Crippen molar-refractivity contribution < 1.29 is 19.4 Å². The molecule has 27 heavy (non-hydrogen) atoms. The summed E-state index contributed by atoms with van der Waals surface area (Å²) in [5.41, 5.74) is 2.21. The highest BCUT2D eigenvalue weighted by atomic mass is 32.1. The molecule has 0 bridgehead atoms. The molecule has 1 aliphatic rings. The highest BCUT2D eigenvalue weighted by molar-refractivity contribution is 7.80. The largest absolute Gasteiger partial charge is 0.489 e. The molecule has 0 aliphatic carbocycles. The number of amides is 1. The van der Waals surface area contributed by atoms with Gasteiger partial charge in [-0.1, -0.05) is 42.5 Å². The summed E-state index contributed by atoms with van der Waals surface area (Å²) in [5.74, 6) is -0.579. The lowest BCUT2D eigenvalue weighted by Gasteiger charge is -2.11. The van der Waals surface area contributed by atoms with E-state index in [9.17, 15) is 9.59 Å². The molecular weight excluding hydrogens is 364 g/mol. The van der Waals surface area contributed by atoms with Gasteiger partial charge in [0.15, 0.2) is 5.11 Å². The third-order valence-electron chi connectivity index (χ3n) is 3.95. The van der Waals surface area contributed by atoms with E-state index in [0.717, 1.165) is 16.9 Å². The molecular formula is C20H18N2O4S. The molecule has 6 nitrogen and oxygen atoms in total. The minimum absolute atomic E-state index is 0.0452. The minimum atomic E-state index is -0.978. The highest BCUT2D eigenvalue weighted by Crippen LogP contribution is 2.18. The Kier molecular flexibility index (Phi) is 5.83. The Balaban J connectivity index is 1.62. The van der Waals surface area contributed by atoms with Crippen molar-refractivity contribution in [1.82, 2.24) is 10.2 Å². The Hall–Kier alpha value is -3.19. The number of nitrogens with one attached hydrogen (secondary N) is 1. The van der Waals surface area contributed by atoms with E-state index in [2.05, 4.69) is 5.32 Å². The third-order valence-corrected chi connectivity index (χ3v) is 4.27. The van der Waals surface area contributed by atoms with Gasteiger partial charge in [0, 0.05) is 6.54 Å². The van der Waals surface area contributed by atoms with Crippen LogP contribution in [0.15, 0.2) is 60.3 Å². The molecule has 2 aromatic rings. The Morgan fingerprint density at radius 3 is 2.52 bits per heavy atom. The number of carboxylic acids is 1. The zero-order chi connectivity index (χ0) is 19.2. The summed E-state index contributed by atoms with van der Waals surface area (Å²) in [6.07, 6.45) is 1.52. The number of nitrogens with zero attached hydrogens (tertiary/aromatic N) is 1. The molecule has 0 saturated carbocycles. The molecule has 1 heterocycles. The second kappa shape index (κ2) is 8.46. The van der Waals surface area contributed by atoms with Gasteiger partial charge in [-0.15, -0.1) is 0 Å². The van der Waals surface area contributed by atoms with E-state index in [-0.39, 0.29) is 24.0 Å². The van der Waals surface area contributed by atoms with Gasteiger partial charge in [-0.3, -0.25) is 14.5 Å². The molecule has 1 saturated heterocycles. The lowest BCUT2D eigenvalue weighted by Crippen LogP contribution is -2.32. The van der Waals surface area contributed by atoms with E-state index in [1.807, 2.05) is 54.6 Å². The van der Waals surface area contributed by atoms with E-state index in [0.29, 0.717) is 12.3 Å². The number of carboxylic acid groups (broad SMARTS) is 1. The van der Waals surface area contributed by atoms with Gasteiger partial charge in [0.2, 0.25) is 0 Å². The first-order valence-corrected chi connectivity index (χ1v) is 8.77. The van der Waals surface area contributed by atoms with Crippen LogP contribution in [0.25, 0.3) is 6.08 Å². The van der Waals surface area contributed by atoms with Crippen molar-refractivity contribution in [2.45, 2.75) is 13.0 Å². The summed E-state index contributed by atoms with van der Waals surface area (Å²) in [4.78, 5) is 24.3. The van der Waals surface area contributed by atoms with Crippen molar-refractivity contribution in [2.75, 3.05) is 6.54 Å². The number of hydrogen-bond donors (Lipinski definition) is 2. The standard InChI is InChI=1S/C20H18N2O4S/c23-18(24)10-11-22-19(25)17(21-20(22)27)12-14-6-8-16(9-7-14)26-13-15-4-2-1-3-5-15/h1-9,12H,10-11,13H2,(H,21,27)(H,23,24). The summed E-state index contributed by atoms with van der Waals surface area (Å²) >= 11 is 5.10. The second-order valence-corrected chi connectivity index (χ2v) is 6.32. The summed E-state index contributed by atoms with van der Waals surface area (Å²) in [6, 6.07) is 17.2. The molecule has 3 rings (SSSR count). The highest BCUT2D eigenvalue weighted by Gasteiger charge is 2.30. The van der Waals surface area contributed by atoms with Crippen LogP contribution in [0.5, 0.6) is 5.75 Å². The van der Waals surface area contributed by atoms with Crippen LogP contribution in [0.2, 0.25) is 0 Å². The molecule has 1 fully saturated rings. The summed E-state index contributed by atoms with van der Waals surface area (Å²) < 4.78 is 5.74. The molecule has 1 amide bonds. The normalized spacial score (nSPS) is 15.1. The zero-order valence-corrected chi connectivity index (χ0v) is 15.2. The number of rotatable bonds is 7. The Labute approximate surface area is 162 Å². The number of benzene rings is 2. The Morgan fingerprint density at radius 2 is 1.85 bits per heavy atom. The fraction of sp³-hybridized carbons (Fsp3) is 0.150. The van der Waals surface area contributed by atoms with Crippen LogP contribution in [0, 0.1) is 0 Å². The summed E-state index contributed by atoms with van der Waals surface area (Å²) in [6.45, 7) is 0.526. The van der Waals surface area contributed by atoms with Crippen LogP contribution in [0.1, 0.15) is 17.5 Å². The zero-order valence-electron chi connectivity index (χ0n) is 14.4. The van der Waals surface area contributed by atoms with Crippen LogP contribution in [0.4, 0.5) is 0 Å². The topological polar surface area (TPSA) is 78.9 Å². The maximum Gasteiger partial charge on any atom is 0.305 e. The van der Waals surface area contributed by atoms with Crippen molar-refractivity contribution >= 4 is 35.3 Å². The van der Waals surface area contributed by atoms with E-state index in [1.54, 1.807) is 6.08 Å². The van der Waals surface area contributed by atoms with Crippen molar-refractivity contribution in [3.05, 3.63) is 71.4 Å². The van der Waals surface area contributed by atoms with Gasteiger partial charge in [-0.05, 0) is 41.6 Å². The third kappa shape index (κ3) is 4.92. The van der Waals surface area contributed by atoms with Gasteiger partial charge in [0.05, 0.1) is 6.42 Å². The molecule has 7 heteroatoms. The quantitative estimate of drug-likeness (QED) is 0.566. The lowest BCUT2D eigenvalue weighted by molar-refractivity contribution is -0.137. The molecule has 0 unspecified atom stereocenters. The molecule has 0 radical (unpaired) electrons. The summed E-state index contributed by atoms with van der Waals surface area (Å²) in [7, 11) is 0. The van der Waals surface area contributed by atoms with Crippen molar-refractivity contribution in [1.29, 1.82) is 0 Å². The van der Waals surface area contributed by atoms with E-state index >= 15 is 0 Å². The first kappa shape index (κ1) is 18.6. The predicted octanol–water partition coefficient (Wildman–Crippen LogP) is 2.80. The average Bonchev–Trinajstić information content (AvgIpc) is 2.93. The number of carbonyl (C=O) groups excluding carboxylic acids is 1. The number of thiocarbonyl (C=S) groups is 1. The first-order valence-electron chi connectivity index (χ1n) is 8.36. The second-order valence-electron chi connectivity index (χ2n) is 5.93. The van der Waals surface area contributed by atoms with E-state index < -0.39 is 5.97 Å². The monoisotopic (exact) mass is 382 g/mol. The fourth-order valence-corrected chi connectivity index (χ4v) is 2.83. The van der Waals surface area contributed by atoms with E-state index in [1.165, 1.54) is 4.90 Å². The van der Waals surface area contributed by atoms with E-state index in [4.69, 9.17) is 22.1 Å². The maximum atomic E-state index is 12.3. The molecule has 1 aliphatic heterocycles. The first-order chi connectivity index (χ1) is 13.0.